The molecule has 0 aromatic carbocycles. The Morgan fingerprint density at radius 1 is 1.50 bits per heavy atom. The first-order valence-corrected chi connectivity index (χ1v) is 6.96. The smallest absolute Gasteiger partial charge is 0.0964 e. The zero-order valence-electron chi connectivity index (χ0n) is 11.8. The van der Waals surface area contributed by atoms with Crippen molar-refractivity contribution in [3.63, 3.8) is 0 Å². The number of rotatable bonds is 8. The molecule has 1 aromatic rings. The molecule has 0 saturated heterocycles. The van der Waals surface area contributed by atoms with E-state index in [-0.39, 0.29) is 0 Å². The lowest BCUT2D eigenvalue weighted by atomic mass is 10.2. The second-order valence-corrected chi connectivity index (χ2v) is 5.62. The fourth-order valence-electron chi connectivity index (χ4n) is 2.27. The van der Waals surface area contributed by atoms with E-state index in [0.29, 0.717) is 0 Å². The van der Waals surface area contributed by atoms with Gasteiger partial charge in [-0.2, -0.15) is 0 Å². The lowest BCUT2D eigenvalue weighted by Gasteiger charge is -2.23. The molecule has 0 bridgehead atoms. The van der Waals surface area contributed by atoms with E-state index in [2.05, 4.69) is 34.4 Å². The summed E-state index contributed by atoms with van der Waals surface area (Å²) < 4.78 is 1.96. The van der Waals surface area contributed by atoms with Gasteiger partial charge in [0.15, 0.2) is 0 Å². The van der Waals surface area contributed by atoms with Crippen LogP contribution < -0.4 is 5.32 Å². The van der Waals surface area contributed by atoms with Crippen LogP contribution in [0.25, 0.3) is 0 Å². The summed E-state index contributed by atoms with van der Waals surface area (Å²) in [6.45, 7) is 8.60. The normalized spacial score (nSPS) is 15.8. The first kappa shape index (κ1) is 13.5. The molecule has 0 spiro atoms. The molecule has 1 N–H and O–H groups in total. The van der Waals surface area contributed by atoms with Gasteiger partial charge in [-0.3, -0.25) is 9.58 Å². The summed E-state index contributed by atoms with van der Waals surface area (Å²) in [4.78, 5) is 2.60. The number of aromatic nitrogens is 3. The Bertz CT molecular complexity index is 356. The molecular weight excluding hydrogens is 226 g/mol. The second-order valence-electron chi connectivity index (χ2n) is 5.62. The van der Waals surface area contributed by atoms with Gasteiger partial charge in [-0.1, -0.05) is 19.1 Å². The Balaban J connectivity index is 1.80. The fourth-order valence-corrected chi connectivity index (χ4v) is 2.27. The third-order valence-corrected chi connectivity index (χ3v) is 3.22. The molecule has 2 rings (SSSR count). The molecule has 0 unspecified atom stereocenters. The molecule has 0 atom stereocenters. The largest absolute Gasteiger partial charge is 0.314 e. The molecule has 0 aliphatic heterocycles. The van der Waals surface area contributed by atoms with E-state index >= 15 is 0 Å². The van der Waals surface area contributed by atoms with Crippen LogP contribution in [-0.2, 0) is 13.1 Å². The Hall–Kier alpha value is -0.940. The van der Waals surface area contributed by atoms with Gasteiger partial charge in [0.2, 0.25) is 0 Å². The maximum absolute atomic E-state index is 4.17. The van der Waals surface area contributed by atoms with E-state index in [1.165, 1.54) is 19.4 Å². The van der Waals surface area contributed by atoms with Crippen molar-refractivity contribution in [3.05, 3.63) is 11.9 Å². The molecule has 1 aromatic heterocycles. The molecule has 18 heavy (non-hydrogen) atoms. The van der Waals surface area contributed by atoms with Gasteiger partial charge in [-0.15, -0.1) is 5.10 Å². The first-order chi connectivity index (χ1) is 8.69. The summed E-state index contributed by atoms with van der Waals surface area (Å²) >= 11 is 0. The van der Waals surface area contributed by atoms with Gasteiger partial charge in [0.1, 0.15) is 0 Å². The molecule has 1 saturated carbocycles. The van der Waals surface area contributed by atoms with Crippen LogP contribution in [0.15, 0.2) is 6.20 Å². The van der Waals surface area contributed by atoms with E-state index in [1.54, 1.807) is 0 Å². The zero-order chi connectivity index (χ0) is 13.0. The van der Waals surface area contributed by atoms with Crippen molar-refractivity contribution in [2.24, 2.45) is 5.92 Å². The highest BCUT2D eigenvalue weighted by Gasteiger charge is 2.28. The standard InChI is InChI=1S/C13H25N5/c1-11(2)9-17(13-4-5-13)6-7-18-10-12(8-14-3)15-16-18/h10-11,13-14H,4-9H2,1-3H3. The highest BCUT2D eigenvalue weighted by atomic mass is 15.4. The molecule has 102 valence electrons. The lowest BCUT2D eigenvalue weighted by molar-refractivity contribution is 0.222. The van der Waals surface area contributed by atoms with Gasteiger partial charge in [0, 0.05) is 31.9 Å². The number of nitrogens with zero attached hydrogens (tertiary/aromatic N) is 4. The van der Waals surface area contributed by atoms with E-state index in [0.717, 1.165) is 37.3 Å². The van der Waals surface area contributed by atoms with Crippen LogP contribution in [0.4, 0.5) is 0 Å². The zero-order valence-corrected chi connectivity index (χ0v) is 11.8. The Morgan fingerprint density at radius 3 is 2.89 bits per heavy atom. The van der Waals surface area contributed by atoms with Crippen LogP contribution in [-0.4, -0.2) is 46.1 Å². The fraction of sp³-hybridized carbons (Fsp3) is 0.846. The summed E-state index contributed by atoms with van der Waals surface area (Å²) in [5.74, 6) is 0.737. The summed E-state index contributed by atoms with van der Waals surface area (Å²) in [5.41, 5.74) is 1.01. The summed E-state index contributed by atoms with van der Waals surface area (Å²) in [7, 11) is 1.93. The van der Waals surface area contributed by atoms with Crippen LogP contribution >= 0.6 is 0 Å². The number of hydrogen-bond acceptors (Lipinski definition) is 4. The van der Waals surface area contributed by atoms with Crippen LogP contribution in [0, 0.1) is 5.92 Å². The lowest BCUT2D eigenvalue weighted by Crippen LogP contribution is -2.33. The summed E-state index contributed by atoms with van der Waals surface area (Å²) in [5, 5.41) is 11.4. The van der Waals surface area contributed by atoms with Crippen LogP contribution in [0.1, 0.15) is 32.4 Å². The molecule has 5 nitrogen and oxygen atoms in total. The molecular formula is C13H25N5. The predicted octanol–water partition coefficient (Wildman–Crippen LogP) is 1.12. The van der Waals surface area contributed by atoms with Crippen LogP contribution in [0.2, 0.25) is 0 Å². The first-order valence-electron chi connectivity index (χ1n) is 6.96. The molecule has 1 aliphatic carbocycles. The van der Waals surface area contributed by atoms with Crippen molar-refractivity contribution >= 4 is 0 Å². The maximum atomic E-state index is 4.17. The second kappa shape index (κ2) is 6.29. The summed E-state index contributed by atoms with van der Waals surface area (Å²) in [6, 6.07) is 0.827. The Labute approximate surface area is 110 Å². The molecule has 0 amide bonds. The average Bonchev–Trinajstić information content (AvgIpc) is 3.07. The Kier molecular flexibility index (Phi) is 4.72. The number of nitrogens with one attached hydrogen (secondary N) is 1. The van der Waals surface area contributed by atoms with Crippen molar-refractivity contribution in [2.45, 2.75) is 45.8 Å². The highest BCUT2D eigenvalue weighted by Crippen LogP contribution is 2.27. The SMILES string of the molecule is CNCc1cn(CCN(CC(C)C)C2CC2)nn1. The molecule has 1 fully saturated rings. The predicted molar refractivity (Wildman–Crippen MR) is 72.2 cm³/mol. The van der Waals surface area contributed by atoms with Crippen LogP contribution in [0.3, 0.4) is 0 Å². The van der Waals surface area contributed by atoms with E-state index in [9.17, 15) is 0 Å². The van der Waals surface area contributed by atoms with E-state index in [4.69, 9.17) is 0 Å². The van der Waals surface area contributed by atoms with Crippen molar-refractivity contribution < 1.29 is 0 Å². The quantitative estimate of drug-likeness (QED) is 0.752. The topological polar surface area (TPSA) is 46.0 Å². The van der Waals surface area contributed by atoms with Crippen molar-refractivity contribution in [1.82, 2.24) is 25.2 Å². The van der Waals surface area contributed by atoms with Crippen molar-refractivity contribution in [3.8, 4) is 0 Å². The minimum atomic E-state index is 0.737. The van der Waals surface area contributed by atoms with Gasteiger partial charge >= 0.3 is 0 Å². The minimum absolute atomic E-state index is 0.737. The van der Waals surface area contributed by atoms with Gasteiger partial charge in [-0.05, 0) is 25.8 Å². The van der Waals surface area contributed by atoms with E-state index in [1.807, 2.05) is 17.9 Å². The van der Waals surface area contributed by atoms with Gasteiger partial charge in [0.05, 0.1) is 12.2 Å². The molecule has 0 radical (unpaired) electrons. The maximum Gasteiger partial charge on any atom is 0.0964 e. The number of hydrogen-bond donors (Lipinski definition) is 1. The van der Waals surface area contributed by atoms with Gasteiger partial charge in [0.25, 0.3) is 0 Å². The van der Waals surface area contributed by atoms with Crippen molar-refractivity contribution in [2.75, 3.05) is 20.1 Å². The monoisotopic (exact) mass is 251 g/mol. The third-order valence-electron chi connectivity index (χ3n) is 3.22. The van der Waals surface area contributed by atoms with E-state index < -0.39 is 0 Å². The summed E-state index contributed by atoms with van der Waals surface area (Å²) in [6.07, 6.45) is 4.78. The minimum Gasteiger partial charge on any atom is -0.314 e. The third kappa shape index (κ3) is 4.07. The average molecular weight is 251 g/mol. The van der Waals surface area contributed by atoms with Gasteiger partial charge < -0.3 is 5.32 Å². The molecule has 1 heterocycles. The van der Waals surface area contributed by atoms with Crippen LogP contribution in [0.5, 0.6) is 0 Å². The van der Waals surface area contributed by atoms with Gasteiger partial charge in [-0.25, -0.2) is 0 Å². The molecule has 5 heteroatoms. The Morgan fingerprint density at radius 2 is 2.28 bits per heavy atom. The highest BCUT2D eigenvalue weighted by molar-refractivity contribution is 4.91. The van der Waals surface area contributed by atoms with Crippen molar-refractivity contribution in [1.29, 1.82) is 0 Å². The molecule has 1 aliphatic rings.